The highest BCUT2D eigenvalue weighted by molar-refractivity contribution is 5.75. The first kappa shape index (κ1) is 14.7. The van der Waals surface area contributed by atoms with Crippen LogP contribution in [-0.4, -0.2) is 30.1 Å². The van der Waals surface area contributed by atoms with Crippen LogP contribution in [-0.2, 0) is 0 Å². The van der Waals surface area contributed by atoms with Crippen molar-refractivity contribution in [2.75, 3.05) is 13.1 Å². The molecule has 3 fully saturated rings. The fraction of sp³-hybridized carbons (Fsp3) is 0.882. The lowest BCUT2D eigenvalue weighted by Gasteiger charge is -2.40. The number of nitrogens with one attached hydrogen (secondary N) is 1. The van der Waals surface area contributed by atoms with Gasteiger partial charge in [-0.1, -0.05) is 20.8 Å². The summed E-state index contributed by atoms with van der Waals surface area (Å²) in [4.78, 5) is 14.4. The van der Waals surface area contributed by atoms with E-state index in [1.807, 2.05) is 4.90 Å². The van der Waals surface area contributed by atoms with Gasteiger partial charge in [0, 0.05) is 25.0 Å². The van der Waals surface area contributed by atoms with Gasteiger partial charge < -0.3 is 10.2 Å². The summed E-state index contributed by atoms with van der Waals surface area (Å²) in [7, 11) is 0. The molecule has 0 spiro atoms. The van der Waals surface area contributed by atoms with E-state index in [0.29, 0.717) is 11.5 Å². The monoisotopic (exact) mass is 289 g/mol. The zero-order chi connectivity index (χ0) is 15.3. The number of urea groups is 1. The first-order valence-electron chi connectivity index (χ1n) is 8.33. The van der Waals surface area contributed by atoms with Crippen LogP contribution < -0.4 is 5.32 Å². The predicted octanol–water partition coefficient (Wildman–Crippen LogP) is 3.15. The molecular formula is C17H27N3O. The van der Waals surface area contributed by atoms with E-state index < -0.39 is 0 Å². The van der Waals surface area contributed by atoms with Crippen LogP contribution in [0.15, 0.2) is 0 Å². The lowest BCUT2D eigenvalue weighted by molar-refractivity contribution is 0.115. The summed E-state index contributed by atoms with van der Waals surface area (Å²) in [6.45, 7) is 8.54. The maximum absolute atomic E-state index is 12.5. The van der Waals surface area contributed by atoms with Gasteiger partial charge in [-0.3, -0.25) is 0 Å². The molecule has 1 aliphatic heterocycles. The summed E-state index contributed by atoms with van der Waals surface area (Å²) in [5.41, 5.74) is 0.567. The van der Waals surface area contributed by atoms with Gasteiger partial charge in [0.1, 0.15) is 0 Å². The largest absolute Gasteiger partial charge is 0.335 e. The minimum atomic E-state index is 0.0842. The molecule has 1 saturated heterocycles. The predicted molar refractivity (Wildman–Crippen MR) is 81.5 cm³/mol. The molecule has 0 aromatic carbocycles. The van der Waals surface area contributed by atoms with Crippen LogP contribution in [0.2, 0.25) is 0 Å². The quantitative estimate of drug-likeness (QED) is 0.806. The molecule has 2 amide bonds. The highest BCUT2D eigenvalue weighted by Crippen LogP contribution is 2.65. The van der Waals surface area contributed by atoms with Crippen molar-refractivity contribution in [3.05, 3.63) is 0 Å². The van der Waals surface area contributed by atoms with Gasteiger partial charge in [0.15, 0.2) is 0 Å². The Hall–Kier alpha value is -1.24. The highest BCUT2D eigenvalue weighted by atomic mass is 16.2. The number of amides is 2. The molecule has 21 heavy (non-hydrogen) atoms. The molecule has 116 valence electrons. The fourth-order valence-corrected chi connectivity index (χ4v) is 4.87. The van der Waals surface area contributed by atoms with Crippen molar-refractivity contribution in [3.63, 3.8) is 0 Å². The van der Waals surface area contributed by atoms with E-state index in [4.69, 9.17) is 5.26 Å². The average molecular weight is 289 g/mol. The number of fused-ring (bicyclic) bond motifs is 2. The van der Waals surface area contributed by atoms with Crippen LogP contribution in [0.3, 0.4) is 0 Å². The molecular weight excluding hydrogens is 262 g/mol. The van der Waals surface area contributed by atoms with E-state index >= 15 is 0 Å². The standard InChI is InChI=1S/C17H27N3O/c1-16(2)13-4-7-17(16,3)14(10-13)19-15(21)20-8-5-12(11-18)6-9-20/h12-14H,4-10H2,1-3H3,(H,19,21)/t13-,14+,17-/m0/s1. The molecule has 4 heteroatoms. The number of piperidine rings is 1. The van der Waals surface area contributed by atoms with E-state index in [1.165, 1.54) is 12.8 Å². The van der Waals surface area contributed by atoms with Gasteiger partial charge in [-0.15, -0.1) is 0 Å². The van der Waals surface area contributed by atoms with Crippen molar-refractivity contribution >= 4 is 6.03 Å². The van der Waals surface area contributed by atoms with Gasteiger partial charge in [0.05, 0.1) is 6.07 Å². The summed E-state index contributed by atoms with van der Waals surface area (Å²) in [5, 5.41) is 12.3. The van der Waals surface area contributed by atoms with E-state index in [1.54, 1.807) is 0 Å². The van der Waals surface area contributed by atoms with Gasteiger partial charge >= 0.3 is 6.03 Å². The Bertz CT molecular complexity index is 473. The molecule has 0 aromatic rings. The second kappa shape index (κ2) is 4.90. The molecule has 3 atom stereocenters. The third kappa shape index (κ3) is 2.13. The lowest BCUT2D eigenvalue weighted by atomic mass is 9.69. The second-order valence-electron chi connectivity index (χ2n) is 8.00. The Morgan fingerprint density at radius 1 is 1.24 bits per heavy atom. The fourth-order valence-electron chi connectivity index (χ4n) is 4.87. The molecule has 2 aliphatic carbocycles. The molecule has 1 N–H and O–H groups in total. The minimum absolute atomic E-state index is 0.0842. The SMILES string of the molecule is CC1(C)[C@H]2CC[C@@]1(C)[C@H](NC(=O)N1CCC(C#N)CC1)C2. The van der Waals surface area contributed by atoms with Gasteiger partial charge in [0.25, 0.3) is 0 Å². The van der Waals surface area contributed by atoms with Crippen LogP contribution >= 0.6 is 0 Å². The minimum Gasteiger partial charge on any atom is -0.335 e. The first-order chi connectivity index (χ1) is 9.88. The number of nitriles is 1. The van der Waals surface area contributed by atoms with E-state index in [0.717, 1.165) is 38.3 Å². The first-order valence-corrected chi connectivity index (χ1v) is 8.33. The van der Waals surface area contributed by atoms with Gasteiger partial charge in [-0.05, 0) is 48.9 Å². The zero-order valence-electron chi connectivity index (χ0n) is 13.5. The Labute approximate surface area is 127 Å². The Balaban J connectivity index is 1.61. The molecule has 0 aromatic heterocycles. The number of hydrogen-bond donors (Lipinski definition) is 1. The number of hydrogen-bond acceptors (Lipinski definition) is 2. The summed E-state index contributed by atoms with van der Waals surface area (Å²) < 4.78 is 0. The number of nitrogens with zero attached hydrogens (tertiary/aromatic N) is 2. The van der Waals surface area contributed by atoms with Crippen LogP contribution in [0.5, 0.6) is 0 Å². The van der Waals surface area contributed by atoms with Crippen molar-refractivity contribution in [1.82, 2.24) is 10.2 Å². The Morgan fingerprint density at radius 2 is 1.90 bits per heavy atom. The van der Waals surface area contributed by atoms with Crippen LogP contribution in [0.1, 0.15) is 52.9 Å². The Kier molecular flexibility index (Phi) is 3.43. The van der Waals surface area contributed by atoms with Gasteiger partial charge in [-0.25, -0.2) is 4.79 Å². The van der Waals surface area contributed by atoms with Crippen molar-refractivity contribution < 1.29 is 4.79 Å². The van der Waals surface area contributed by atoms with Crippen LogP contribution in [0, 0.1) is 34.0 Å². The van der Waals surface area contributed by atoms with E-state index in [9.17, 15) is 4.79 Å². The van der Waals surface area contributed by atoms with Crippen LogP contribution in [0.4, 0.5) is 4.79 Å². The highest BCUT2D eigenvalue weighted by Gasteiger charge is 2.61. The van der Waals surface area contributed by atoms with E-state index in [2.05, 4.69) is 32.2 Å². The smallest absolute Gasteiger partial charge is 0.317 e. The van der Waals surface area contributed by atoms with Gasteiger partial charge in [0.2, 0.25) is 0 Å². The summed E-state index contributed by atoms with van der Waals surface area (Å²) in [6, 6.07) is 2.71. The van der Waals surface area contributed by atoms with Crippen molar-refractivity contribution in [2.24, 2.45) is 22.7 Å². The zero-order valence-corrected chi connectivity index (χ0v) is 13.5. The summed E-state index contributed by atoms with van der Waals surface area (Å²) in [5.74, 6) is 0.880. The van der Waals surface area contributed by atoms with E-state index in [-0.39, 0.29) is 17.4 Å². The summed E-state index contributed by atoms with van der Waals surface area (Å²) >= 11 is 0. The molecule has 4 nitrogen and oxygen atoms in total. The normalized spacial score (nSPS) is 38.3. The van der Waals surface area contributed by atoms with Gasteiger partial charge in [-0.2, -0.15) is 5.26 Å². The third-order valence-corrected chi connectivity index (χ3v) is 7.06. The molecule has 2 saturated carbocycles. The molecule has 1 heterocycles. The van der Waals surface area contributed by atoms with Crippen LogP contribution in [0.25, 0.3) is 0 Å². The van der Waals surface area contributed by atoms with Crippen molar-refractivity contribution in [1.29, 1.82) is 5.26 Å². The molecule has 3 rings (SSSR count). The molecule has 2 bridgehead atoms. The van der Waals surface area contributed by atoms with Crippen molar-refractivity contribution in [3.8, 4) is 6.07 Å². The molecule has 0 unspecified atom stereocenters. The molecule has 0 radical (unpaired) electrons. The van der Waals surface area contributed by atoms with Crippen molar-refractivity contribution in [2.45, 2.75) is 58.9 Å². The third-order valence-electron chi connectivity index (χ3n) is 7.06. The number of likely N-dealkylation sites (tertiary alicyclic amines) is 1. The average Bonchev–Trinajstić information content (AvgIpc) is 2.80. The maximum Gasteiger partial charge on any atom is 0.317 e. The maximum atomic E-state index is 12.5. The summed E-state index contributed by atoms with van der Waals surface area (Å²) in [6.07, 6.45) is 5.30. The lowest BCUT2D eigenvalue weighted by Crippen LogP contribution is -2.52. The number of carbonyl (C=O) groups excluding carboxylic acids is 1. The Morgan fingerprint density at radius 3 is 2.38 bits per heavy atom. The topological polar surface area (TPSA) is 56.1 Å². The molecule has 3 aliphatic rings. The number of rotatable bonds is 1. The number of carbonyl (C=O) groups is 1. The second-order valence-corrected chi connectivity index (χ2v) is 8.00.